The van der Waals surface area contributed by atoms with E-state index in [4.69, 9.17) is 5.11 Å². The normalized spacial score (nSPS) is 13.5. The number of likely N-dealkylation sites (N-methyl/N-ethyl adjacent to an activating group) is 1. The molecule has 4 nitrogen and oxygen atoms in total. The lowest BCUT2D eigenvalue weighted by Gasteiger charge is -2.14. The molecule has 0 rings (SSSR count). The quantitative estimate of drug-likeness (QED) is 0.575. The molecule has 2 N–H and O–H groups in total. The van der Waals surface area contributed by atoms with Crippen molar-refractivity contribution in [1.29, 1.82) is 0 Å². The number of nitrogens with one attached hydrogen (secondary N) is 1. The molecular formula is C7H16N2O2. The summed E-state index contributed by atoms with van der Waals surface area (Å²) in [4.78, 5) is 12.4. The Hall–Kier alpha value is -0.610. The number of carboxylic acid groups (broad SMARTS) is 1. The minimum atomic E-state index is -0.783. The summed E-state index contributed by atoms with van der Waals surface area (Å²) in [6, 6.07) is -0.419. The molecule has 0 radical (unpaired) electrons. The van der Waals surface area contributed by atoms with Crippen molar-refractivity contribution < 1.29 is 9.90 Å². The molecule has 0 heterocycles. The fourth-order valence-electron chi connectivity index (χ4n) is 0.779. The zero-order valence-electron chi connectivity index (χ0n) is 7.29. The van der Waals surface area contributed by atoms with Crippen LogP contribution in [0.15, 0.2) is 0 Å². The first kappa shape index (κ1) is 10.4. The number of rotatable bonds is 5. The van der Waals surface area contributed by atoms with E-state index < -0.39 is 12.0 Å². The van der Waals surface area contributed by atoms with Crippen molar-refractivity contribution in [2.24, 2.45) is 0 Å². The van der Waals surface area contributed by atoms with Gasteiger partial charge in [-0.2, -0.15) is 0 Å². The molecule has 0 fully saturated rings. The highest BCUT2D eigenvalue weighted by atomic mass is 16.4. The first-order chi connectivity index (χ1) is 5.07. The lowest BCUT2D eigenvalue weighted by molar-refractivity contribution is -0.139. The van der Waals surface area contributed by atoms with Crippen LogP contribution in [0, 0.1) is 0 Å². The molecule has 1 atom stereocenters. The SMILES string of the molecule is CNC(CCN(C)C)C(=O)O. The molecule has 0 aromatic carbocycles. The standard InChI is InChI=1S/C7H16N2O2/c1-8-6(7(10)11)4-5-9(2)3/h6,8H,4-5H2,1-3H3,(H,10,11). The van der Waals surface area contributed by atoms with Crippen LogP contribution in [-0.2, 0) is 4.79 Å². The highest BCUT2D eigenvalue weighted by Crippen LogP contribution is 1.92. The molecular weight excluding hydrogens is 144 g/mol. The zero-order chi connectivity index (χ0) is 8.85. The number of carbonyl (C=O) groups is 1. The first-order valence-electron chi connectivity index (χ1n) is 3.62. The molecule has 0 saturated carbocycles. The number of nitrogens with zero attached hydrogens (tertiary/aromatic N) is 1. The largest absolute Gasteiger partial charge is 0.480 e. The smallest absolute Gasteiger partial charge is 0.320 e. The van der Waals surface area contributed by atoms with E-state index in [0.29, 0.717) is 6.42 Å². The third-order valence-electron chi connectivity index (χ3n) is 1.51. The Labute approximate surface area is 67.2 Å². The lowest BCUT2D eigenvalue weighted by Crippen LogP contribution is -2.36. The van der Waals surface area contributed by atoms with Gasteiger partial charge in [0.25, 0.3) is 0 Å². The van der Waals surface area contributed by atoms with Crippen molar-refractivity contribution in [1.82, 2.24) is 10.2 Å². The highest BCUT2D eigenvalue weighted by molar-refractivity contribution is 5.73. The van der Waals surface area contributed by atoms with Crippen molar-refractivity contribution >= 4 is 5.97 Å². The molecule has 0 aromatic rings. The summed E-state index contributed by atoms with van der Waals surface area (Å²) in [5, 5.41) is 11.3. The summed E-state index contributed by atoms with van der Waals surface area (Å²) >= 11 is 0. The summed E-state index contributed by atoms with van der Waals surface area (Å²) in [5.41, 5.74) is 0. The topological polar surface area (TPSA) is 52.6 Å². The van der Waals surface area contributed by atoms with Crippen LogP contribution >= 0.6 is 0 Å². The van der Waals surface area contributed by atoms with E-state index in [1.165, 1.54) is 0 Å². The third-order valence-corrected chi connectivity index (χ3v) is 1.51. The molecule has 0 aliphatic carbocycles. The number of hydrogen-bond donors (Lipinski definition) is 2. The number of hydrogen-bond acceptors (Lipinski definition) is 3. The van der Waals surface area contributed by atoms with Crippen molar-refractivity contribution in [3.8, 4) is 0 Å². The lowest BCUT2D eigenvalue weighted by atomic mass is 10.2. The second-order valence-corrected chi connectivity index (χ2v) is 2.77. The maximum Gasteiger partial charge on any atom is 0.320 e. The van der Waals surface area contributed by atoms with Crippen LogP contribution < -0.4 is 5.32 Å². The van der Waals surface area contributed by atoms with Gasteiger partial charge in [0.2, 0.25) is 0 Å². The molecule has 0 aliphatic rings. The number of carboxylic acids is 1. The maximum absolute atomic E-state index is 10.5. The fraction of sp³-hybridized carbons (Fsp3) is 0.857. The van der Waals surface area contributed by atoms with Gasteiger partial charge in [0, 0.05) is 0 Å². The van der Waals surface area contributed by atoms with Gasteiger partial charge in [0.1, 0.15) is 6.04 Å². The Balaban J connectivity index is 3.61. The molecule has 0 aliphatic heterocycles. The monoisotopic (exact) mass is 160 g/mol. The Kier molecular flexibility index (Phi) is 4.81. The van der Waals surface area contributed by atoms with Gasteiger partial charge in [-0.1, -0.05) is 0 Å². The molecule has 11 heavy (non-hydrogen) atoms. The van der Waals surface area contributed by atoms with E-state index in [1.54, 1.807) is 7.05 Å². The van der Waals surface area contributed by atoms with Gasteiger partial charge >= 0.3 is 5.97 Å². The average Bonchev–Trinajstić information content (AvgIpc) is 1.87. The van der Waals surface area contributed by atoms with Crippen molar-refractivity contribution in [3.63, 3.8) is 0 Å². The van der Waals surface area contributed by atoms with E-state index in [1.807, 2.05) is 19.0 Å². The Morgan fingerprint density at radius 3 is 2.45 bits per heavy atom. The van der Waals surface area contributed by atoms with Gasteiger partial charge in [-0.25, -0.2) is 0 Å². The highest BCUT2D eigenvalue weighted by Gasteiger charge is 2.13. The van der Waals surface area contributed by atoms with Crippen molar-refractivity contribution in [2.75, 3.05) is 27.7 Å². The predicted molar refractivity (Wildman–Crippen MR) is 43.7 cm³/mol. The Morgan fingerprint density at radius 2 is 2.18 bits per heavy atom. The predicted octanol–water partition coefficient (Wildman–Crippen LogP) is -0.389. The van der Waals surface area contributed by atoms with Crippen LogP contribution in [0.1, 0.15) is 6.42 Å². The van der Waals surface area contributed by atoms with Gasteiger partial charge in [-0.05, 0) is 34.1 Å². The first-order valence-corrected chi connectivity index (χ1v) is 3.62. The summed E-state index contributed by atoms with van der Waals surface area (Å²) in [6.07, 6.45) is 0.638. The van der Waals surface area contributed by atoms with Gasteiger partial charge in [0.15, 0.2) is 0 Å². The molecule has 1 unspecified atom stereocenters. The average molecular weight is 160 g/mol. The van der Waals surface area contributed by atoms with Gasteiger partial charge in [-0.15, -0.1) is 0 Å². The molecule has 0 amide bonds. The van der Waals surface area contributed by atoms with Gasteiger partial charge < -0.3 is 15.3 Å². The Morgan fingerprint density at radius 1 is 1.64 bits per heavy atom. The van der Waals surface area contributed by atoms with Crippen molar-refractivity contribution in [2.45, 2.75) is 12.5 Å². The van der Waals surface area contributed by atoms with Crippen LogP contribution in [0.25, 0.3) is 0 Å². The molecule has 0 saturated heterocycles. The summed E-state index contributed by atoms with van der Waals surface area (Å²) in [7, 11) is 5.51. The second-order valence-electron chi connectivity index (χ2n) is 2.77. The number of aliphatic carboxylic acids is 1. The summed E-state index contributed by atoms with van der Waals surface area (Å²) in [6.45, 7) is 0.789. The van der Waals surface area contributed by atoms with Crippen molar-refractivity contribution in [3.05, 3.63) is 0 Å². The van der Waals surface area contributed by atoms with E-state index in [0.717, 1.165) is 6.54 Å². The summed E-state index contributed by atoms with van der Waals surface area (Å²) < 4.78 is 0. The zero-order valence-corrected chi connectivity index (χ0v) is 7.29. The van der Waals surface area contributed by atoms with Gasteiger partial charge in [-0.3, -0.25) is 4.79 Å². The van der Waals surface area contributed by atoms with Crippen LogP contribution in [0.4, 0.5) is 0 Å². The van der Waals surface area contributed by atoms with Crippen LogP contribution in [0.2, 0.25) is 0 Å². The minimum absolute atomic E-state index is 0.419. The van der Waals surface area contributed by atoms with Crippen LogP contribution in [-0.4, -0.2) is 49.7 Å². The van der Waals surface area contributed by atoms with Crippen LogP contribution in [0.3, 0.4) is 0 Å². The molecule has 0 spiro atoms. The van der Waals surface area contributed by atoms with E-state index in [9.17, 15) is 4.79 Å². The van der Waals surface area contributed by atoms with Gasteiger partial charge in [0.05, 0.1) is 0 Å². The molecule has 0 bridgehead atoms. The molecule has 0 aromatic heterocycles. The summed E-state index contributed by atoms with van der Waals surface area (Å²) in [5.74, 6) is -0.783. The maximum atomic E-state index is 10.5. The van der Waals surface area contributed by atoms with Crippen LogP contribution in [0.5, 0.6) is 0 Å². The molecule has 4 heteroatoms. The Bertz CT molecular complexity index is 126. The molecule has 66 valence electrons. The van der Waals surface area contributed by atoms with E-state index in [2.05, 4.69) is 5.32 Å². The van der Waals surface area contributed by atoms with E-state index >= 15 is 0 Å². The van der Waals surface area contributed by atoms with E-state index in [-0.39, 0.29) is 0 Å². The fourth-order valence-corrected chi connectivity index (χ4v) is 0.779. The third kappa shape index (κ3) is 4.75. The minimum Gasteiger partial charge on any atom is -0.480 e. The second kappa shape index (κ2) is 5.09.